The largest absolute Gasteiger partial charge is 0.480 e. The minimum absolute atomic E-state index is 0.0557. The third-order valence-electron chi connectivity index (χ3n) is 8.60. The summed E-state index contributed by atoms with van der Waals surface area (Å²) in [6.07, 6.45) is 1.01. The molecule has 0 aromatic carbocycles. The summed E-state index contributed by atoms with van der Waals surface area (Å²) in [5.41, 5.74) is 2.67. The van der Waals surface area contributed by atoms with Gasteiger partial charge in [-0.25, -0.2) is 9.59 Å². The molecule has 2 amide bonds. The summed E-state index contributed by atoms with van der Waals surface area (Å²) in [4.78, 5) is 66.1. The van der Waals surface area contributed by atoms with E-state index >= 15 is 0 Å². The first-order valence-electron chi connectivity index (χ1n) is 15.1. The van der Waals surface area contributed by atoms with Gasteiger partial charge in [0.2, 0.25) is 11.8 Å². The Balaban J connectivity index is 2.69. The number of hydrogen-bond acceptors (Lipinski definition) is 9. The third kappa shape index (κ3) is 12.3. The Labute approximate surface area is 250 Å². The molecule has 7 N–H and O–H groups in total. The van der Waals surface area contributed by atoms with Gasteiger partial charge in [0.1, 0.15) is 17.9 Å². The van der Waals surface area contributed by atoms with Crippen LogP contribution in [0.25, 0.3) is 0 Å². The number of piperazine rings is 1. The minimum Gasteiger partial charge on any atom is -0.480 e. The molecule has 0 aliphatic carbocycles. The van der Waals surface area contributed by atoms with E-state index in [-0.39, 0.29) is 30.1 Å². The predicted molar refractivity (Wildman–Crippen MR) is 159 cm³/mol. The van der Waals surface area contributed by atoms with Crippen LogP contribution < -0.4 is 21.9 Å². The van der Waals surface area contributed by atoms with Gasteiger partial charge in [-0.2, -0.15) is 0 Å². The molecule has 1 aliphatic rings. The van der Waals surface area contributed by atoms with Crippen LogP contribution in [-0.4, -0.2) is 107 Å². The third-order valence-corrected chi connectivity index (χ3v) is 8.60. The number of carboxylic acid groups (broad SMARTS) is 2. The maximum atomic E-state index is 13.0. The van der Waals surface area contributed by atoms with Crippen LogP contribution in [0.2, 0.25) is 0 Å². The van der Waals surface area contributed by atoms with Crippen LogP contribution in [0.4, 0.5) is 0 Å². The molecule has 0 bridgehead atoms. The molecule has 1 rings (SSSR count). The van der Waals surface area contributed by atoms with Crippen molar-refractivity contribution in [2.24, 2.45) is 35.4 Å². The molecule has 1 fully saturated rings. The molecule has 13 heteroatoms. The first-order valence-corrected chi connectivity index (χ1v) is 15.1. The van der Waals surface area contributed by atoms with Crippen molar-refractivity contribution in [1.82, 2.24) is 25.9 Å². The first-order chi connectivity index (χ1) is 19.6. The Morgan fingerprint density at radius 2 is 1.14 bits per heavy atom. The van der Waals surface area contributed by atoms with Crippen molar-refractivity contribution in [1.29, 1.82) is 0 Å². The highest BCUT2D eigenvalue weighted by atomic mass is 16.4. The summed E-state index contributed by atoms with van der Waals surface area (Å²) in [5.74, 6) is -0.484. The molecule has 0 aromatic rings. The molecule has 13 nitrogen and oxygen atoms in total. The first kappa shape index (κ1) is 37.4. The monoisotopic (exact) mass is 598 g/mol. The topological polar surface area (TPSA) is 194 Å². The van der Waals surface area contributed by atoms with Crippen molar-refractivity contribution in [3.8, 4) is 0 Å². The lowest BCUT2D eigenvalue weighted by molar-refractivity contribution is -0.145. The van der Waals surface area contributed by atoms with E-state index in [1.54, 1.807) is 34.6 Å². The van der Waals surface area contributed by atoms with Gasteiger partial charge in [-0.15, -0.1) is 0 Å². The normalized spacial score (nSPS) is 20.3. The molecular formula is C29H54N6O7. The van der Waals surface area contributed by atoms with Crippen LogP contribution in [0.5, 0.6) is 0 Å². The summed E-state index contributed by atoms with van der Waals surface area (Å²) in [6.45, 7) is 17.2. The Bertz CT molecular complexity index is 911. The number of hydrazine groups is 1. The number of Topliss-reactive ketones (excluding diaryl/α,β-unsaturated/α-hetero) is 1. The van der Waals surface area contributed by atoms with Crippen molar-refractivity contribution >= 4 is 29.5 Å². The van der Waals surface area contributed by atoms with Gasteiger partial charge in [0.05, 0.1) is 0 Å². The van der Waals surface area contributed by atoms with Gasteiger partial charge >= 0.3 is 11.9 Å². The molecule has 1 saturated heterocycles. The quantitative estimate of drug-likeness (QED) is 0.0897. The zero-order chi connectivity index (χ0) is 32.1. The molecule has 0 saturated carbocycles. The Morgan fingerprint density at radius 3 is 1.55 bits per heavy atom. The highest BCUT2D eigenvalue weighted by Gasteiger charge is 2.34. The van der Waals surface area contributed by atoms with Crippen molar-refractivity contribution in [3.63, 3.8) is 0 Å². The van der Waals surface area contributed by atoms with Crippen LogP contribution in [-0.2, 0) is 24.0 Å². The van der Waals surface area contributed by atoms with Crippen molar-refractivity contribution in [3.05, 3.63) is 0 Å². The highest BCUT2D eigenvalue weighted by Crippen LogP contribution is 2.21. The van der Waals surface area contributed by atoms with Crippen LogP contribution >= 0.6 is 0 Å². The van der Waals surface area contributed by atoms with Crippen LogP contribution in [0.15, 0.2) is 0 Å². The van der Waals surface area contributed by atoms with Gasteiger partial charge in [-0.05, 0) is 44.9 Å². The van der Waals surface area contributed by atoms with Crippen molar-refractivity contribution in [2.75, 3.05) is 39.3 Å². The Morgan fingerprint density at radius 1 is 0.714 bits per heavy atom. The van der Waals surface area contributed by atoms with Crippen LogP contribution in [0, 0.1) is 29.6 Å². The van der Waals surface area contributed by atoms with Gasteiger partial charge in [0, 0.05) is 63.1 Å². The molecule has 0 spiro atoms. The number of amides is 2. The van der Waals surface area contributed by atoms with Crippen molar-refractivity contribution < 1.29 is 34.2 Å². The van der Waals surface area contributed by atoms with E-state index in [1.807, 2.05) is 0 Å². The number of ketones is 1. The van der Waals surface area contributed by atoms with E-state index in [4.69, 9.17) is 5.84 Å². The summed E-state index contributed by atoms with van der Waals surface area (Å²) in [6, 6.07) is -2.23. The molecule has 42 heavy (non-hydrogen) atoms. The van der Waals surface area contributed by atoms with E-state index in [2.05, 4.69) is 32.8 Å². The second-order valence-corrected chi connectivity index (χ2v) is 12.3. The van der Waals surface area contributed by atoms with Crippen LogP contribution in [0.3, 0.4) is 0 Å². The zero-order valence-electron chi connectivity index (χ0n) is 26.4. The lowest BCUT2D eigenvalue weighted by Crippen LogP contribution is -2.52. The number of nitrogens with zero attached hydrogens (tertiary/aromatic N) is 2. The fourth-order valence-corrected chi connectivity index (χ4v) is 5.56. The zero-order valence-corrected chi connectivity index (χ0v) is 26.4. The van der Waals surface area contributed by atoms with Gasteiger partial charge < -0.3 is 20.8 Å². The Hall–Kier alpha value is -2.61. The van der Waals surface area contributed by atoms with E-state index < -0.39 is 53.6 Å². The second-order valence-electron chi connectivity index (χ2n) is 12.3. The summed E-state index contributed by atoms with van der Waals surface area (Å²) >= 11 is 0. The summed E-state index contributed by atoms with van der Waals surface area (Å²) in [5, 5.41) is 24.8. The second kappa shape index (κ2) is 18.1. The number of rotatable bonds is 19. The predicted octanol–water partition coefficient (Wildman–Crippen LogP) is 0.534. The smallest absolute Gasteiger partial charge is 0.326 e. The number of carbonyl (C=O) groups excluding carboxylic acids is 3. The number of hydrogen-bond donors (Lipinski definition) is 6. The maximum absolute atomic E-state index is 13.0. The molecule has 0 aromatic heterocycles. The van der Waals surface area contributed by atoms with E-state index in [0.717, 1.165) is 39.3 Å². The highest BCUT2D eigenvalue weighted by molar-refractivity contribution is 5.86. The fraction of sp³-hybridized carbons (Fsp3) is 0.828. The van der Waals surface area contributed by atoms with Crippen molar-refractivity contribution in [2.45, 2.75) is 85.9 Å². The van der Waals surface area contributed by atoms with Gasteiger partial charge in [-0.1, -0.05) is 34.6 Å². The van der Waals surface area contributed by atoms with E-state index in [9.17, 15) is 34.2 Å². The number of aliphatic carboxylic acids is 2. The lowest BCUT2D eigenvalue weighted by Gasteiger charge is -2.38. The fourth-order valence-electron chi connectivity index (χ4n) is 5.56. The SMILES string of the molecule is CC(=O)C(C)CC(C)C(NC(=O)C(C)CC(C)C(NC(=O)C(C)CC(C)N1CCN(CCNN)CC1)C(=O)O)C(=O)O. The maximum Gasteiger partial charge on any atom is 0.326 e. The Kier molecular flexibility index (Phi) is 16.2. The molecule has 1 heterocycles. The number of carboxylic acids is 2. The summed E-state index contributed by atoms with van der Waals surface area (Å²) < 4.78 is 0. The average molecular weight is 599 g/mol. The molecule has 8 atom stereocenters. The molecule has 8 unspecified atom stereocenters. The number of nitrogens with one attached hydrogen (secondary N) is 3. The van der Waals surface area contributed by atoms with Gasteiger partial charge in [0.25, 0.3) is 0 Å². The number of carbonyl (C=O) groups is 5. The molecule has 0 radical (unpaired) electrons. The number of nitrogens with two attached hydrogens (primary N) is 1. The molecular weight excluding hydrogens is 544 g/mol. The standard InChI is InChI=1S/C29H54N6O7/c1-17(23(7)36)14-18(2)24(28(39)40)32-26(37)20(4)15-19(3)25(29(41)42)33-27(38)21(5)16-22(6)35-12-10-34(11-13-35)9-8-31-30/h17-22,24-25,31H,8-16,30H2,1-7H3,(H,32,37)(H,33,38)(H,39,40)(H,41,42). The minimum atomic E-state index is -1.20. The van der Waals surface area contributed by atoms with Gasteiger partial charge in [-0.3, -0.25) is 35.5 Å². The molecule has 242 valence electrons. The van der Waals surface area contributed by atoms with E-state index in [0.29, 0.717) is 12.8 Å². The van der Waals surface area contributed by atoms with E-state index in [1.165, 1.54) is 6.92 Å². The average Bonchev–Trinajstić information content (AvgIpc) is 2.92. The summed E-state index contributed by atoms with van der Waals surface area (Å²) in [7, 11) is 0. The molecule has 1 aliphatic heterocycles. The van der Waals surface area contributed by atoms with Gasteiger partial charge in [0.15, 0.2) is 0 Å². The van der Waals surface area contributed by atoms with Crippen LogP contribution in [0.1, 0.15) is 67.7 Å². The lowest BCUT2D eigenvalue weighted by atomic mass is 9.87.